The van der Waals surface area contributed by atoms with Gasteiger partial charge >= 0.3 is 0 Å². The molecule has 0 unspecified atom stereocenters. The van der Waals surface area contributed by atoms with Crippen molar-refractivity contribution in [1.82, 2.24) is 0 Å². The molecule has 3 N–H and O–H groups in total. The number of hydrogen-bond acceptors (Lipinski definition) is 5. The molecule has 2 aliphatic rings. The van der Waals surface area contributed by atoms with E-state index in [1.165, 1.54) is 22.9 Å². The molecule has 0 atom stereocenters. The van der Waals surface area contributed by atoms with Crippen LogP contribution in [0.3, 0.4) is 0 Å². The molecule has 0 aliphatic carbocycles. The molecule has 0 aromatic heterocycles. The van der Waals surface area contributed by atoms with Crippen LogP contribution < -0.4 is 15.2 Å². The number of fused-ring (bicyclic) bond motifs is 2. The standard InChI is InChI=1S/C9H9NO2.C9H11NO/c11-10-6-7-1-2-9-8(5-7)3-4-12-9;10-6-7-1-2-9-8(5-7)3-4-11-9/h1-2,5-6,11H,3-4H2;1-2,5H,3-4,6,10H2/b10-6+;. The van der Waals surface area contributed by atoms with Gasteiger partial charge in [-0.25, -0.2) is 0 Å². The fraction of sp³-hybridized carbons (Fsp3) is 0.278. The topological polar surface area (TPSA) is 77.1 Å². The highest BCUT2D eigenvalue weighted by atomic mass is 16.5. The predicted octanol–water partition coefficient (Wildman–Crippen LogP) is 2.51. The molecule has 120 valence electrons. The van der Waals surface area contributed by atoms with Gasteiger partial charge in [0.2, 0.25) is 0 Å². The largest absolute Gasteiger partial charge is 0.493 e. The molecule has 5 heteroatoms. The Morgan fingerprint density at radius 2 is 1.65 bits per heavy atom. The summed E-state index contributed by atoms with van der Waals surface area (Å²) in [5, 5.41) is 11.3. The minimum Gasteiger partial charge on any atom is -0.493 e. The maximum atomic E-state index is 8.31. The Hall–Kier alpha value is -2.53. The van der Waals surface area contributed by atoms with Gasteiger partial charge in [0, 0.05) is 19.4 Å². The molecule has 4 rings (SSSR count). The van der Waals surface area contributed by atoms with Crippen LogP contribution in [0.4, 0.5) is 0 Å². The summed E-state index contributed by atoms with van der Waals surface area (Å²) in [6.45, 7) is 2.20. The third-order valence-electron chi connectivity index (χ3n) is 3.91. The quantitative estimate of drug-likeness (QED) is 0.507. The molecule has 0 amide bonds. The van der Waals surface area contributed by atoms with Gasteiger partial charge in [0.15, 0.2) is 0 Å². The lowest BCUT2D eigenvalue weighted by Crippen LogP contribution is -1.95. The first-order chi connectivity index (χ1) is 11.3. The second-order valence-corrected chi connectivity index (χ2v) is 5.45. The van der Waals surface area contributed by atoms with E-state index < -0.39 is 0 Å². The van der Waals surface area contributed by atoms with E-state index in [-0.39, 0.29) is 0 Å². The van der Waals surface area contributed by atoms with E-state index in [4.69, 9.17) is 20.4 Å². The van der Waals surface area contributed by atoms with Gasteiger partial charge in [-0.1, -0.05) is 17.3 Å². The van der Waals surface area contributed by atoms with E-state index in [1.54, 1.807) is 0 Å². The third kappa shape index (κ3) is 3.63. The second-order valence-electron chi connectivity index (χ2n) is 5.45. The zero-order valence-corrected chi connectivity index (χ0v) is 12.9. The van der Waals surface area contributed by atoms with Gasteiger partial charge in [-0.15, -0.1) is 0 Å². The highest BCUT2D eigenvalue weighted by molar-refractivity contribution is 5.79. The Balaban J connectivity index is 0.000000136. The normalized spacial score (nSPS) is 14.5. The molecule has 0 radical (unpaired) electrons. The minimum atomic E-state index is 0.618. The molecule has 0 fully saturated rings. The third-order valence-corrected chi connectivity index (χ3v) is 3.91. The molecule has 2 aromatic rings. The van der Waals surface area contributed by atoms with Gasteiger partial charge in [-0.2, -0.15) is 0 Å². The highest BCUT2D eigenvalue weighted by Gasteiger charge is 2.11. The number of rotatable bonds is 2. The molecular formula is C18H20N2O3. The second kappa shape index (κ2) is 7.15. The number of benzene rings is 2. The summed E-state index contributed by atoms with van der Waals surface area (Å²) in [5.41, 5.74) is 10.1. The summed E-state index contributed by atoms with van der Waals surface area (Å²) in [6, 6.07) is 11.9. The number of oxime groups is 1. The summed E-state index contributed by atoms with van der Waals surface area (Å²) in [6.07, 6.45) is 3.39. The molecule has 0 saturated carbocycles. The Labute approximate surface area is 135 Å². The maximum Gasteiger partial charge on any atom is 0.122 e. The fourth-order valence-corrected chi connectivity index (χ4v) is 2.72. The van der Waals surface area contributed by atoms with Crippen LogP contribution in [0.1, 0.15) is 22.3 Å². The van der Waals surface area contributed by atoms with E-state index in [0.717, 1.165) is 43.1 Å². The smallest absolute Gasteiger partial charge is 0.122 e. The van der Waals surface area contributed by atoms with Crippen molar-refractivity contribution in [3.05, 3.63) is 58.7 Å². The van der Waals surface area contributed by atoms with Gasteiger partial charge in [-0.05, 0) is 46.5 Å². The van der Waals surface area contributed by atoms with E-state index in [9.17, 15) is 0 Å². The summed E-state index contributed by atoms with van der Waals surface area (Å²) in [5.74, 6) is 1.98. The van der Waals surface area contributed by atoms with Gasteiger partial charge in [0.25, 0.3) is 0 Å². The Kier molecular flexibility index (Phi) is 4.78. The van der Waals surface area contributed by atoms with Crippen LogP contribution in [0.5, 0.6) is 11.5 Å². The van der Waals surface area contributed by atoms with E-state index in [1.807, 2.05) is 30.3 Å². The van der Waals surface area contributed by atoms with Crippen LogP contribution >= 0.6 is 0 Å². The number of nitrogens with zero attached hydrogens (tertiary/aromatic N) is 1. The summed E-state index contributed by atoms with van der Waals surface area (Å²) in [7, 11) is 0. The minimum absolute atomic E-state index is 0.618. The maximum absolute atomic E-state index is 8.31. The van der Waals surface area contributed by atoms with E-state index in [2.05, 4.69) is 11.2 Å². The van der Waals surface area contributed by atoms with Gasteiger partial charge in [0.1, 0.15) is 11.5 Å². The van der Waals surface area contributed by atoms with Crippen molar-refractivity contribution in [3.8, 4) is 11.5 Å². The lowest BCUT2D eigenvalue weighted by Gasteiger charge is -2.00. The van der Waals surface area contributed by atoms with Crippen molar-refractivity contribution < 1.29 is 14.7 Å². The van der Waals surface area contributed by atoms with Crippen molar-refractivity contribution in [2.45, 2.75) is 19.4 Å². The van der Waals surface area contributed by atoms with Crippen molar-refractivity contribution in [3.63, 3.8) is 0 Å². The number of hydrogen-bond donors (Lipinski definition) is 2. The molecule has 0 bridgehead atoms. The van der Waals surface area contributed by atoms with Gasteiger partial charge in [0.05, 0.1) is 19.4 Å². The van der Waals surface area contributed by atoms with Crippen molar-refractivity contribution >= 4 is 6.21 Å². The first-order valence-electron chi connectivity index (χ1n) is 7.68. The molecular weight excluding hydrogens is 292 g/mol. The molecule has 2 aliphatic heterocycles. The molecule has 0 saturated heterocycles. The zero-order chi connectivity index (χ0) is 16.1. The van der Waals surface area contributed by atoms with E-state index >= 15 is 0 Å². The first-order valence-corrected chi connectivity index (χ1v) is 7.68. The van der Waals surface area contributed by atoms with Crippen LogP contribution in [0.2, 0.25) is 0 Å². The van der Waals surface area contributed by atoms with Crippen molar-refractivity contribution in [1.29, 1.82) is 0 Å². The van der Waals surface area contributed by atoms with Crippen molar-refractivity contribution in [2.24, 2.45) is 10.9 Å². The van der Waals surface area contributed by atoms with Crippen molar-refractivity contribution in [2.75, 3.05) is 13.2 Å². The zero-order valence-electron chi connectivity index (χ0n) is 12.9. The van der Waals surface area contributed by atoms with Crippen LogP contribution in [-0.2, 0) is 19.4 Å². The molecule has 0 spiro atoms. The Morgan fingerprint density at radius 3 is 2.30 bits per heavy atom. The van der Waals surface area contributed by atoms with Crippen LogP contribution in [0, 0.1) is 0 Å². The Morgan fingerprint density at radius 1 is 1.00 bits per heavy atom. The molecule has 5 nitrogen and oxygen atoms in total. The fourth-order valence-electron chi connectivity index (χ4n) is 2.72. The van der Waals surface area contributed by atoms with Gasteiger partial charge < -0.3 is 20.4 Å². The van der Waals surface area contributed by atoms with Crippen LogP contribution in [-0.4, -0.2) is 24.6 Å². The molecule has 2 aromatic carbocycles. The highest BCUT2D eigenvalue weighted by Crippen LogP contribution is 2.26. The summed E-state index contributed by atoms with van der Waals surface area (Å²) in [4.78, 5) is 0. The first kappa shape index (κ1) is 15.4. The molecule has 23 heavy (non-hydrogen) atoms. The van der Waals surface area contributed by atoms with Crippen LogP contribution in [0.25, 0.3) is 0 Å². The average Bonchev–Trinajstić information content (AvgIpc) is 3.23. The SMILES string of the molecule is NCc1ccc2c(c1)CCO2.O/N=C/c1ccc2c(c1)CCO2. The monoisotopic (exact) mass is 312 g/mol. The Bertz CT molecular complexity index is 713. The lowest BCUT2D eigenvalue weighted by molar-refractivity contribution is 0.322. The molecule has 2 heterocycles. The summed E-state index contributed by atoms with van der Waals surface area (Å²) >= 11 is 0. The average molecular weight is 312 g/mol. The van der Waals surface area contributed by atoms with Gasteiger partial charge in [-0.3, -0.25) is 0 Å². The van der Waals surface area contributed by atoms with Crippen LogP contribution in [0.15, 0.2) is 41.6 Å². The lowest BCUT2D eigenvalue weighted by atomic mass is 10.1. The predicted molar refractivity (Wildman–Crippen MR) is 88.6 cm³/mol. The summed E-state index contributed by atoms with van der Waals surface area (Å²) < 4.78 is 10.7. The number of ether oxygens (including phenoxy) is 2. The number of nitrogens with two attached hydrogens (primary N) is 1. The van der Waals surface area contributed by atoms with E-state index in [0.29, 0.717) is 6.54 Å².